The van der Waals surface area contributed by atoms with E-state index in [0.29, 0.717) is 16.7 Å². The summed E-state index contributed by atoms with van der Waals surface area (Å²) in [5.41, 5.74) is 2.08. The van der Waals surface area contributed by atoms with Crippen molar-refractivity contribution in [3.8, 4) is 16.9 Å². The van der Waals surface area contributed by atoms with E-state index in [0.717, 1.165) is 5.56 Å². The number of carbonyl (C=O) groups excluding carboxylic acids is 1. The molecule has 0 aromatic heterocycles. The number of hydrogen-bond donors (Lipinski definition) is 2. The van der Waals surface area contributed by atoms with E-state index in [1.165, 1.54) is 17.0 Å². The molecule has 9 nitrogen and oxygen atoms in total. The zero-order chi connectivity index (χ0) is 32.2. The van der Waals surface area contributed by atoms with Crippen LogP contribution in [0, 0.1) is 5.82 Å². The number of carboxylic acid groups (broad SMARTS) is 1. The van der Waals surface area contributed by atoms with Crippen molar-refractivity contribution in [2.45, 2.75) is 62.0 Å². The van der Waals surface area contributed by atoms with Crippen LogP contribution in [0.25, 0.3) is 11.1 Å². The van der Waals surface area contributed by atoms with E-state index in [1.807, 2.05) is 6.07 Å². The monoisotopic (exact) mass is 646 g/mol. The van der Waals surface area contributed by atoms with E-state index < -0.39 is 51.2 Å². The number of para-hydroxylation sites is 1. The number of carboxylic acids is 1. The molecule has 0 unspecified atom stereocenters. The molecule has 0 bridgehead atoms. The lowest BCUT2D eigenvalue weighted by molar-refractivity contribution is -0.137. The van der Waals surface area contributed by atoms with E-state index in [4.69, 9.17) is 14.6 Å². The third-order valence-electron chi connectivity index (χ3n) is 7.92. The number of amides is 1. The van der Waals surface area contributed by atoms with Gasteiger partial charge in [-0.2, -0.15) is 0 Å². The molecular weight excluding hydrogens is 613 g/mol. The Bertz CT molecular complexity index is 1640. The maximum Gasteiger partial charge on any atom is 0.410 e. The van der Waals surface area contributed by atoms with Gasteiger partial charge >= 0.3 is 12.1 Å². The van der Waals surface area contributed by atoms with Crippen molar-refractivity contribution in [2.75, 3.05) is 13.2 Å². The summed E-state index contributed by atoms with van der Waals surface area (Å²) in [6, 6.07) is 17.3. The number of aliphatic carboxylic acids is 1. The maximum atomic E-state index is 15.5. The first-order valence-electron chi connectivity index (χ1n) is 14.5. The molecule has 2 aliphatic rings. The minimum atomic E-state index is -4.56. The molecule has 1 amide bonds. The molecule has 240 valence electrons. The van der Waals surface area contributed by atoms with E-state index in [1.54, 1.807) is 54.6 Å². The quantitative estimate of drug-likeness (QED) is 0.271. The highest BCUT2D eigenvalue weighted by Crippen LogP contribution is 2.45. The van der Waals surface area contributed by atoms with Crippen LogP contribution >= 0.6 is 0 Å². The lowest BCUT2D eigenvalue weighted by atomic mass is 9.89. The smallest absolute Gasteiger partial charge is 0.410 e. The Kier molecular flexibility index (Phi) is 9.68. The molecule has 45 heavy (non-hydrogen) atoms. The second-order valence-corrected chi connectivity index (χ2v) is 13.1. The number of sulfonamides is 1. The van der Waals surface area contributed by atoms with Crippen LogP contribution in [0.1, 0.15) is 36.8 Å². The van der Waals surface area contributed by atoms with Crippen LogP contribution in [0.3, 0.4) is 0 Å². The predicted molar refractivity (Wildman–Crippen MR) is 159 cm³/mol. The average Bonchev–Trinajstić information content (AvgIpc) is 3.78. The van der Waals surface area contributed by atoms with Gasteiger partial charge in [0.1, 0.15) is 12.8 Å². The molecule has 1 saturated heterocycles. The van der Waals surface area contributed by atoms with Gasteiger partial charge in [0, 0.05) is 24.9 Å². The van der Waals surface area contributed by atoms with Crippen LogP contribution in [0.2, 0.25) is 0 Å². The highest BCUT2D eigenvalue weighted by Gasteiger charge is 2.57. The van der Waals surface area contributed by atoms with Gasteiger partial charge < -0.3 is 19.5 Å². The van der Waals surface area contributed by atoms with Gasteiger partial charge in [-0.3, -0.25) is 4.79 Å². The second kappa shape index (κ2) is 13.5. The number of carbonyl (C=O) groups is 2. The van der Waals surface area contributed by atoms with Gasteiger partial charge in [0.15, 0.2) is 11.6 Å². The Balaban J connectivity index is 1.44. The summed E-state index contributed by atoms with van der Waals surface area (Å²) in [6.45, 7) is -0.393. The molecule has 1 saturated carbocycles. The summed E-state index contributed by atoms with van der Waals surface area (Å²) in [4.78, 5) is 25.6. The average molecular weight is 647 g/mol. The Morgan fingerprint density at radius 2 is 1.73 bits per heavy atom. The number of nitrogens with zero attached hydrogens (tertiary/aromatic N) is 1. The first-order chi connectivity index (χ1) is 21.5. The number of rotatable bonds is 12. The highest BCUT2D eigenvalue weighted by molar-refractivity contribution is 7.91. The number of alkyl halides is 2. The van der Waals surface area contributed by atoms with Crippen LogP contribution in [-0.2, 0) is 32.6 Å². The van der Waals surface area contributed by atoms with Gasteiger partial charge in [-0.25, -0.2) is 31.1 Å². The molecule has 3 aromatic carbocycles. The number of hydrogen-bond acceptors (Lipinski definition) is 6. The van der Waals surface area contributed by atoms with Gasteiger partial charge in [-0.15, -0.1) is 0 Å². The Morgan fingerprint density at radius 3 is 2.44 bits per heavy atom. The summed E-state index contributed by atoms with van der Waals surface area (Å²) in [6.07, 6.45) is -3.48. The van der Waals surface area contributed by atoms with Crippen LogP contribution in [0.5, 0.6) is 5.75 Å². The van der Waals surface area contributed by atoms with Gasteiger partial charge in [-0.1, -0.05) is 66.7 Å². The highest BCUT2D eigenvalue weighted by atomic mass is 32.2. The first kappa shape index (κ1) is 32.3. The largest absolute Gasteiger partial charge is 0.489 e. The summed E-state index contributed by atoms with van der Waals surface area (Å²) in [5.74, 6) is -1.95. The lowest BCUT2D eigenvalue weighted by Gasteiger charge is -2.42. The van der Waals surface area contributed by atoms with Crippen LogP contribution in [0.15, 0.2) is 72.8 Å². The van der Waals surface area contributed by atoms with Crippen molar-refractivity contribution in [1.82, 2.24) is 9.62 Å². The number of likely N-dealkylation sites (tertiary alicyclic amines) is 1. The van der Waals surface area contributed by atoms with E-state index >= 15 is 4.39 Å². The molecule has 2 fully saturated rings. The number of piperidine rings is 1. The number of nitrogens with one attached hydrogen (secondary N) is 1. The minimum absolute atomic E-state index is 0.0499. The molecule has 0 radical (unpaired) electrons. The fraction of sp³-hybridized carbons (Fsp3) is 0.375. The molecule has 2 N–H and O–H groups in total. The molecular formula is C32H33F3N2O7S. The molecule has 1 aliphatic heterocycles. The van der Waals surface area contributed by atoms with Crippen molar-refractivity contribution in [3.05, 3.63) is 89.7 Å². The fourth-order valence-corrected chi connectivity index (χ4v) is 6.86. The van der Waals surface area contributed by atoms with Gasteiger partial charge in [0.05, 0.1) is 25.1 Å². The molecule has 5 rings (SSSR count). The zero-order valence-electron chi connectivity index (χ0n) is 24.2. The zero-order valence-corrected chi connectivity index (χ0v) is 25.0. The molecule has 3 atom stereocenters. The standard InChI is InChI=1S/C32H33F3N2O7S/c33-25-12-16-37(31(40)44-20-21-6-2-1-3-7-21)27(29(25)36-45(41,42)32(35)14-15-32)19-22-8-4-9-23(18-22)24-10-5-11-26(34)30(24)43-17-13-28(38)39/h1-11,18,25,27,29,36H,12-17,19-20H2,(H,38,39)/t25-,27-,29-/m0/s1. The molecule has 1 aliphatic carbocycles. The summed E-state index contributed by atoms with van der Waals surface area (Å²) < 4.78 is 84.0. The number of ether oxygens (including phenoxy) is 2. The van der Waals surface area contributed by atoms with Gasteiger partial charge in [-0.05, 0) is 35.6 Å². The molecule has 1 heterocycles. The number of benzene rings is 3. The predicted octanol–water partition coefficient (Wildman–Crippen LogP) is 5.39. The fourth-order valence-electron chi connectivity index (χ4n) is 5.34. The maximum absolute atomic E-state index is 15.5. The van der Waals surface area contributed by atoms with Crippen molar-refractivity contribution in [2.24, 2.45) is 0 Å². The van der Waals surface area contributed by atoms with Crippen molar-refractivity contribution >= 4 is 22.1 Å². The van der Waals surface area contributed by atoms with E-state index in [2.05, 4.69) is 4.72 Å². The van der Waals surface area contributed by atoms with Crippen molar-refractivity contribution in [3.63, 3.8) is 0 Å². The van der Waals surface area contributed by atoms with Crippen molar-refractivity contribution < 1.29 is 45.8 Å². The third-order valence-corrected chi connectivity index (χ3v) is 9.87. The first-order valence-corrected chi connectivity index (χ1v) is 16.0. The molecule has 13 heteroatoms. The third kappa shape index (κ3) is 7.59. The molecule has 3 aromatic rings. The molecule has 0 spiro atoms. The Labute approximate surface area is 259 Å². The normalized spacial score (nSPS) is 20.8. The Hall–Kier alpha value is -4.10. The lowest BCUT2D eigenvalue weighted by Crippen LogP contribution is -2.63. The summed E-state index contributed by atoms with van der Waals surface area (Å²) >= 11 is 0. The van der Waals surface area contributed by atoms with Crippen molar-refractivity contribution in [1.29, 1.82) is 0 Å². The van der Waals surface area contributed by atoms with E-state index in [9.17, 15) is 26.8 Å². The van der Waals surface area contributed by atoms with Crippen LogP contribution < -0.4 is 9.46 Å². The Morgan fingerprint density at radius 1 is 1.02 bits per heavy atom. The minimum Gasteiger partial charge on any atom is -0.489 e. The summed E-state index contributed by atoms with van der Waals surface area (Å²) in [7, 11) is -4.56. The summed E-state index contributed by atoms with van der Waals surface area (Å²) in [5, 5.41) is 6.46. The van der Waals surface area contributed by atoms with Crippen LogP contribution in [0.4, 0.5) is 18.0 Å². The van der Waals surface area contributed by atoms with Gasteiger partial charge in [0.2, 0.25) is 15.0 Å². The topological polar surface area (TPSA) is 122 Å². The second-order valence-electron chi connectivity index (χ2n) is 11.1. The van der Waals surface area contributed by atoms with Gasteiger partial charge in [0.25, 0.3) is 0 Å². The van der Waals surface area contributed by atoms with Crippen LogP contribution in [-0.4, -0.2) is 66.9 Å². The number of halogens is 3. The SMILES string of the molecule is O=C(O)CCOc1c(F)cccc1-c1cccc(C[C@H]2[C@@H](NS(=O)(=O)C3(F)CC3)[C@@H](F)CCN2C(=O)OCc2ccccc2)c1. The van der Waals surface area contributed by atoms with E-state index in [-0.39, 0.29) is 57.6 Å².